The van der Waals surface area contributed by atoms with E-state index in [-0.39, 0.29) is 17.2 Å². The van der Waals surface area contributed by atoms with Crippen molar-refractivity contribution in [3.8, 4) is 5.75 Å². The molecule has 6 nitrogen and oxygen atoms in total. The molecule has 1 unspecified atom stereocenters. The molecule has 1 aromatic carbocycles. The summed E-state index contributed by atoms with van der Waals surface area (Å²) in [7, 11) is 0. The van der Waals surface area contributed by atoms with Gasteiger partial charge in [0.1, 0.15) is 12.4 Å². The van der Waals surface area contributed by atoms with Crippen LogP contribution in [0.2, 0.25) is 0 Å². The van der Waals surface area contributed by atoms with E-state index in [4.69, 9.17) is 9.47 Å². The minimum absolute atomic E-state index is 0.203. The fraction of sp³-hybridized carbons (Fsp3) is 0.667. The van der Waals surface area contributed by atoms with E-state index in [0.717, 1.165) is 76.5 Å². The van der Waals surface area contributed by atoms with E-state index in [1.54, 1.807) is 0 Å². The molecule has 2 N–H and O–H groups in total. The van der Waals surface area contributed by atoms with Crippen LogP contribution in [0.4, 0.5) is 0 Å². The highest BCUT2D eigenvalue weighted by Gasteiger charge is 2.57. The molecular formula is C21H31N3O3. The van der Waals surface area contributed by atoms with Crippen molar-refractivity contribution in [2.24, 2.45) is 11.3 Å². The first-order chi connectivity index (χ1) is 13.3. The first kappa shape index (κ1) is 18.7. The third-order valence-corrected chi connectivity index (χ3v) is 6.30. The second kappa shape index (κ2) is 8.59. The number of hydrogen-bond acceptors (Lipinski definition) is 5. The molecule has 4 rings (SSSR count). The third-order valence-electron chi connectivity index (χ3n) is 6.30. The number of hydrogen-bond donors (Lipinski definition) is 2. The molecule has 1 amide bonds. The van der Waals surface area contributed by atoms with Gasteiger partial charge in [-0.1, -0.05) is 18.2 Å². The summed E-state index contributed by atoms with van der Waals surface area (Å²) in [6, 6.07) is 8.02. The lowest BCUT2D eigenvalue weighted by molar-refractivity contribution is -0.123. The maximum Gasteiger partial charge on any atom is 0.223 e. The monoisotopic (exact) mass is 373 g/mol. The molecule has 27 heavy (non-hydrogen) atoms. The molecule has 0 aromatic heterocycles. The van der Waals surface area contributed by atoms with Gasteiger partial charge in [0.25, 0.3) is 0 Å². The Labute approximate surface area is 161 Å². The van der Waals surface area contributed by atoms with Gasteiger partial charge in [-0.2, -0.15) is 0 Å². The van der Waals surface area contributed by atoms with Crippen LogP contribution in [0.25, 0.3) is 0 Å². The van der Waals surface area contributed by atoms with Gasteiger partial charge in [0.05, 0.1) is 13.2 Å². The molecule has 3 aliphatic rings. The largest absolute Gasteiger partial charge is 0.492 e. The van der Waals surface area contributed by atoms with Crippen LogP contribution in [-0.4, -0.2) is 63.4 Å². The summed E-state index contributed by atoms with van der Waals surface area (Å²) < 4.78 is 11.4. The summed E-state index contributed by atoms with van der Waals surface area (Å²) in [5.74, 6) is 1.28. The molecule has 1 aliphatic carbocycles. The average molecular weight is 373 g/mol. The number of nitrogens with one attached hydrogen (secondary N) is 2. The second-order valence-corrected chi connectivity index (χ2v) is 8.00. The van der Waals surface area contributed by atoms with Gasteiger partial charge in [-0.25, -0.2) is 0 Å². The zero-order chi connectivity index (χ0) is 18.5. The Morgan fingerprint density at radius 3 is 2.85 bits per heavy atom. The summed E-state index contributed by atoms with van der Waals surface area (Å²) in [5, 5.41) is 6.54. The van der Waals surface area contributed by atoms with Gasteiger partial charge < -0.3 is 20.1 Å². The quantitative estimate of drug-likeness (QED) is 0.757. The fourth-order valence-electron chi connectivity index (χ4n) is 4.40. The number of para-hydroxylation sites is 1. The van der Waals surface area contributed by atoms with Crippen LogP contribution >= 0.6 is 0 Å². The van der Waals surface area contributed by atoms with Gasteiger partial charge in [0.15, 0.2) is 0 Å². The summed E-state index contributed by atoms with van der Waals surface area (Å²) in [6.45, 7) is 7.75. The number of rotatable bonds is 7. The molecular weight excluding hydrogens is 342 g/mol. The third kappa shape index (κ3) is 4.62. The zero-order valence-corrected chi connectivity index (χ0v) is 16.0. The van der Waals surface area contributed by atoms with Crippen LogP contribution in [0.15, 0.2) is 24.3 Å². The Bertz CT molecular complexity index is 639. The number of nitrogens with zero attached hydrogens (tertiary/aromatic N) is 1. The van der Waals surface area contributed by atoms with E-state index < -0.39 is 0 Å². The first-order valence-electron chi connectivity index (χ1n) is 10.3. The standard InChI is InChI=1S/C21H31N3O3/c25-20(18-15-21(18)5-7-22-8-6-21)23-16-17-3-1-2-4-19(17)27-14-11-24-9-12-26-13-10-24/h1-4,18,22H,5-16H2,(H,23,25). The molecule has 6 heteroatoms. The number of amides is 1. The Kier molecular flexibility index (Phi) is 5.95. The lowest BCUT2D eigenvalue weighted by Gasteiger charge is -2.26. The number of carbonyl (C=O) groups excluding carboxylic acids is 1. The molecule has 1 saturated carbocycles. The van der Waals surface area contributed by atoms with Crippen molar-refractivity contribution in [3.05, 3.63) is 29.8 Å². The summed E-state index contributed by atoms with van der Waals surface area (Å²) in [6.07, 6.45) is 3.32. The van der Waals surface area contributed by atoms with Crippen molar-refractivity contribution >= 4 is 5.91 Å². The average Bonchev–Trinajstić information content (AvgIpc) is 3.41. The molecule has 0 radical (unpaired) electrons. The molecule has 3 fully saturated rings. The summed E-state index contributed by atoms with van der Waals surface area (Å²) in [4.78, 5) is 15.0. The van der Waals surface area contributed by atoms with Crippen LogP contribution < -0.4 is 15.4 Å². The van der Waals surface area contributed by atoms with E-state index in [9.17, 15) is 4.79 Å². The maximum atomic E-state index is 12.6. The maximum absolute atomic E-state index is 12.6. The molecule has 2 saturated heterocycles. The van der Waals surface area contributed by atoms with Crippen molar-refractivity contribution in [1.82, 2.24) is 15.5 Å². The van der Waals surface area contributed by atoms with E-state index >= 15 is 0 Å². The SMILES string of the molecule is O=C(NCc1ccccc1OCCN1CCOCC1)C1CC12CCNCC2. The van der Waals surface area contributed by atoms with Gasteiger partial charge in [0, 0.05) is 37.7 Å². The van der Waals surface area contributed by atoms with Crippen LogP contribution in [0.1, 0.15) is 24.8 Å². The highest BCUT2D eigenvalue weighted by molar-refractivity contribution is 5.82. The Hall–Kier alpha value is -1.63. The second-order valence-electron chi connectivity index (χ2n) is 8.00. The highest BCUT2D eigenvalue weighted by Crippen LogP contribution is 2.58. The van der Waals surface area contributed by atoms with Gasteiger partial charge >= 0.3 is 0 Å². The van der Waals surface area contributed by atoms with Gasteiger partial charge in [-0.05, 0) is 43.8 Å². The fourth-order valence-corrected chi connectivity index (χ4v) is 4.40. The Balaban J connectivity index is 1.25. The van der Waals surface area contributed by atoms with Crippen molar-refractivity contribution in [1.29, 1.82) is 0 Å². The van der Waals surface area contributed by atoms with Gasteiger partial charge in [0.2, 0.25) is 5.91 Å². The zero-order valence-electron chi connectivity index (χ0n) is 16.0. The molecule has 1 aromatic rings. The Morgan fingerprint density at radius 1 is 1.26 bits per heavy atom. The molecule has 2 aliphatic heterocycles. The smallest absolute Gasteiger partial charge is 0.223 e. The predicted molar refractivity (Wildman–Crippen MR) is 104 cm³/mol. The first-order valence-corrected chi connectivity index (χ1v) is 10.3. The van der Waals surface area contributed by atoms with Crippen molar-refractivity contribution in [2.75, 3.05) is 52.5 Å². The molecule has 1 spiro atoms. The van der Waals surface area contributed by atoms with E-state index in [1.165, 1.54) is 0 Å². The van der Waals surface area contributed by atoms with Crippen molar-refractivity contribution in [3.63, 3.8) is 0 Å². The molecule has 1 atom stereocenters. The minimum atomic E-state index is 0.203. The number of ether oxygens (including phenoxy) is 2. The minimum Gasteiger partial charge on any atom is -0.492 e. The molecule has 0 bridgehead atoms. The van der Waals surface area contributed by atoms with E-state index in [1.807, 2.05) is 24.3 Å². The van der Waals surface area contributed by atoms with Crippen LogP contribution in [0.3, 0.4) is 0 Å². The topological polar surface area (TPSA) is 62.8 Å². The normalized spacial score (nSPS) is 24.5. The highest BCUT2D eigenvalue weighted by atomic mass is 16.5. The summed E-state index contributed by atoms with van der Waals surface area (Å²) in [5.41, 5.74) is 1.33. The number of benzene rings is 1. The van der Waals surface area contributed by atoms with Crippen LogP contribution in [-0.2, 0) is 16.1 Å². The van der Waals surface area contributed by atoms with Gasteiger partial charge in [-0.3, -0.25) is 9.69 Å². The molecule has 2 heterocycles. The van der Waals surface area contributed by atoms with Gasteiger partial charge in [-0.15, -0.1) is 0 Å². The Morgan fingerprint density at radius 2 is 2.04 bits per heavy atom. The van der Waals surface area contributed by atoms with E-state index in [2.05, 4.69) is 15.5 Å². The molecule has 148 valence electrons. The van der Waals surface area contributed by atoms with Crippen molar-refractivity contribution in [2.45, 2.75) is 25.8 Å². The lowest BCUT2D eigenvalue weighted by Crippen LogP contribution is -2.38. The lowest BCUT2D eigenvalue weighted by atomic mass is 9.92. The van der Waals surface area contributed by atoms with Crippen molar-refractivity contribution < 1.29 is 14.3 Å². The number of piperidine rings is 1. The predicted octanol–water partition coefficient (Wildman–Crippen LogP) is 1.40. The number of carbonyl (C=O) groups is 1. The number of morpholine rings is 1. The summed E-state index contributed by atoms with van der Waals surface area (Å²) >= 11 is 0. The van der Waals surface area contributed by atoms with Crippen LogP contribution in [0.5, 0.6) is 5.75 Å². The van der Waals surface area contributed by atoms with E-state index in [0.29, 0.717) is 13.2 Å². The van der Waals surface area contributed by atoms with Crippen LogP contribution in [0, 0.1) is 11.3 Å².